The first-order valence-corrected chi connectivity index (χ1v) is 7.67. The molecule has 0 N–H and O–H groups in total. The molecule has 5 nitrogen and oxygen atoms in total. The number of ether oxygens (including phenoxy) is 3. The maximum atomic E-state index is 11.8. The van der Waals surface area contributed by atoms with Crippen molar-refractivity contribution >= 4 is 34.8 Å². The van der Waals surface area contributed by atoms with Crippen LogP contribution in [0.1, 0.15) is 38.5 Å². The second-order valence-electron chi connectivity index (χ2n) is 4.85. The van der Waals surface area contributed by atoms with Gasteiger partial charge in [0.1, 0.15) is 11.9 Å². The van der Waals surface area contributed by atoms with E-state index in [9.17, 15) is 9.59 Å². The Bertz CT molecular complexity index is 466. The number of halogens is 2. The molecule has 2 aliphatic carbocycles. The smallest absolute Gasteiger partial charge is 0.431 e. The van der Waals surface area contributed by atoms with Crippen LogP contribution in [-0.4, -0.2) is 23.3 Å². The van der Waals surface area contributed by atoms with Crippen LogP contribution in [0.2, 0.25) is 0 Å². The summed E-state index contributed by atoms with van der Waals surface area (Å²) in [5.41, 5.74) is -1.71. The molecule has 1 atom stereocenters. The molecule has 0 amide bonds. The molecule has 0 spiro atoms. The maximum absolute atomic E-state index is 11.8. The molecule has 1 unspecified atom stereocenters. The van der Waals surface area contributed by atoms with Crippen molar-refractivity contribution in [1.82, 2.24) is 0 Å². The molecule has 21 heavy (non-hydrogen) atoms. The Morgan fingerprint density at radius 1 is 1.19 bits per heavy atom. The minimum atomic E-state index is -1.10. The highest BCUT2D eigenvalue weighted by molar-refractivity contribution is 6.61. The number of hydrogen-bond donors (Lipinski definition) is 0. The lowest BCUT2D eigenvalue weighted by Gasteiger charge is -2.20. The van der Waals surface area contributed by atoms with Crippen LogP contribution in [0.4, 0.5) is 9.59 Å². The van der Waals surface area contributed by atoms with Crippen LogP contribution in [0.5, 0.6) is 0 Å². The number of rotatable bonds is 4. The summed E-state index contributed by atoms with van der Waals surface area (Å²) in [5, 5.41) is 0. The maximum Gasteiger partial charge on any atom is 0.514 e. The van der Waals surface area contributed by atoms with Gasteiger partial charge in [0.15, 0.2) is 0 Å². The normalized spacial score (nSPS) is 20.3. The minimum Gasteiger partial charge on any atom is -0.431 e. The molecule has 116 valence electrons. The molecule has 1 saturated carbocycles. The number of alkyl halides is 1. The SMILES string of the molecule is O=C(Cl)OC(Cl)C1=CCCC=C1OC(=O)OC1CCCC1. The van der Waals surface area contributed by atoms with Crippen LogP contribution in [0, 0.1) is 0 Å². The Morgan fingerprint density at radius 2 is 1.86 bits per heavy atom. The second kappa shape index (κ2) is 7.71. The summed E-state index contributed by atoms with van der Waals surface area (Å²) >= 11 is 11.1. The van der Waals surface area contributed by atoms with Gasteiger partial charge in [0.2, 0.25) is 5.56 Å². The highest BCUT2D eigenvalue weighted by atomic mass is 35.5. The zero-order chi connectivity index (χ0) is 15.2. The van der Waals surface area contributed by atoms with E-state index in [0.717, 1.165) is 25.7 Å². The van der Waals surface area contributed by atoms with Gasteiger partial charge >= 0.3 is 11.6 Å². The van der Waals surface area contributed by atoms with Gasteiger partial charge in [-0.1, -0.05) is 17.7 Å². The molecule has 0 aliphatic heterocycles. The van der Waals surface area contributed by atoms with Crippen molar-refractivity contribution in [2.75, 3.05) is 0 Å². The number of carbonyl (C=O) groups excluding carboxylic acids is 2. The van der Waals surface area contributed by atoms with E-state index >= 15 is 0 Å². The molecule has 0 aromatic rings. The molecule has 7 heteroatoms. The van der Waals surface area contributed by atoms with Gasteiger partial charge in [-0.2, -0.15) is 0 Å². The summed E-state index contributed by atoms with van der Waals surface area (Å²) in [4.78, 5) is 22.5. The molecule has 0 saturated heterocycles. The first-order valence-electron chi connectivity index (χ1n) is 6.85. The van der Waals surface area contributed by atoms with Crippen LogP contribution in [0.15, 0.2) is 23.5 Å². The fraction of sp³-hybridized carbons (Fsp3) is 0.571. The van der Waals surface area contributed by atoms with E-state index in [0.29, 0.717) is 18.4 Å². The minimum absolute atomic E-state index is 0.0819. The van der Waals surface area contributed by atoms with Gasteiger partial charge in [0, 0.05) is 17.2 Å². The van der Waals surface area contributed by atoms with Gasteiger partial charge in [-0.3, -0.25) is 0 Å². The van der Waals surface area contributed by atoms with Gasteiger partial charge in [0.05, 0.1) is 0 Å². The molecule has 2 rings (SSSR count). The second-order valence-corrected chi connectivity index (χ2v) is 5.56. The predicted octanol–water partition coefficient (Wildman–Crippen LogP) is 4.63. The molecule has 2 aliphatic rings. The number of carbonyl (C=O) groups is 2. The van der Waals surface area contributed by atoms with Crippen LogP contribution >= 0.6 is 23.2 Å². The van der Waals surface area contributed by atoms with Crippen molar-refractivity contribution in [2.24, 2.45) is 0 Å². The third-order valence-electron chi connectivity index (χ3n) is 3.34. The van der Waals surface area contributed by atoms with Gasteiger partial charge in [0.25, 0.3) is 0 Å². The largest absolute Gasteiger partial charge is 0.514 e. The number of allylic oxidation sites excluding steroid dienone is 2. The van der Waals surface area contributed by atoms with Crippen molar-refractivity contribution in [1.29, 1.82) is 0 Å². The van der Waals surface area contributed by atoms with E-state index in [1.54, 1.807) is 12.2 Å². The van der Waals surface area contributed by atoms with Crippen molar-refractivity contribution in [3.8, 4) is 0 Å². The molecule has 0 aromatic heterocycles. The fourth-order valence-corrected chi connectivity index (χ4v) is 2.79. The van der Waals surface area contributed by atoms with Gasteiger partial charge < -0.3 is 14.2 Å². The zero-order valence-electron chi connectivity index (χ0n) is 11.3. The van der Waals surface area contributed by atoms with Crippen LogP contribution in [-0.2, 0) is 14.2 Å². The van der Waals surface area contributed by atoms with Crippen molar-refractivity contribution in [3.05, 3.63) is 23.5 Å². The predicted molar refractivity (Wildman–Crippen MR) is 77.2 cm³/mol. The molecule has 0 radical (unpaired) electrons. The molecule has 0 aromatic carbocycles. The summed E-state index contributed by atoms with van der Waals surface area (Å²) in [6.45, 7) is 0. The first kappa shape index (κ1) is 16.2. The average molecular weight is 335 g/mol. The van der Waals surface area contributed by atoms with E-state index in [1.165, 1.54) is 0 Å². The van der Waals surface area contributed by atoms with Crippen molar-refractivity contribution in [3.63, 3.8) is 0 Å². The number of hydrogen-bond acceptors (Lipinski definition) is 5. The van der Waals surface area contributed by atoms with E-state index in [-0.39, 0.29) is 11.9 Å². The van der Waals surface area contributed by atoms with Crippen molar-refractivity contribution < 1.29 is 23.8 Å². The van der Waals surface area contributed by atoms with E-state index in [1.807, 2.05) is 0 Å². The highest BCUT2D eigenvalue weighted by Crippen LogP contribution is 2.28. The average Bonchev–Trinajstić information content (AvgIpc) is 2.91. The van der Waals surface area contributed by atoms with Crippen LogP contribution < -0.4 is 0 Å². The van der Waals surface area contributed by atoms with Crippen LogP contribution in [0.3, 0.4) is 0 Å². The Hall–Kier alpha value is -1.20. The standard InChI is InChI=1S/C14H16Cl2O5/c15-12(21-13(16)17)10-7-3-4-8-11(10)20-14(18)19-9-5-1-2-6-9/h7-9,12H,1-6H2. The lowest BCUT2D eigenvalue weighted by Crippen LogP contribution is -2.20. The lowest BCUT2D eigenvalue weighted by atomic mass is 10.1. The van der Waals surface area contributed by atoms with Gasteiger partial charge in [-0.05, 0) is 44.6 Å². The van der Waals surface area contributed by atoms with Gasteiger partial charge in [-0.25, -0.2) is 9.59 Å². The third kappa shape index (κ3) is 4.93. The Labute approximate surface area is 132 Å². The molecular weight excluding hydrogens is 319 g/mol. The highest BCUT2D eigenvalue weighted by Gasteiger charge is 2.26. The molecular formula is C14H16Cl2O5. The van der Waals surface area contributed by atoms with Crippen LogP contribution in [0.25, 0.3) is 0 Å². The quantitative estimate of drug-likeness (QED) is 0.426. The van der Waals surface area contributed by atoms with Gasteiger partial charge in [-0.15, -0.1) is 0 Å². The third-order valence-corrected chi connectivity index (χ3v) is 3.76. The Morgan fingerprint density at radius 3 is 2.52 bits per heavy atom. The van der Waals surface area contributed by atoms with E-state index in [4.69, 9.17) is 32.7 Å². The topological polar surface area (TPSA) is 61.8 Å². The summed E-state index contributed by atoms with van der Waals surface area (Å²) in [6, 6.07) is 0. The summed E-state index contributed by atoms with van der Waals surface area (Å²) in [5.74, 6) is 0.252. The summed E-state index contributed by atoms with van der Waals surface area (Å²) in [7, 11) is 0. The molecule has 1 fully saturated rings. The van der Waals surface area contributed by atoms with E-state index in [2.05, 4.69) is 4.74 Å². The van der Waals surface area contributed by atoms with Crippen molar-refractivity contribution in [2.45, 2.75) is 50.2 Å². The summed E-state index contributed by atoms with van der Waals surface area (Å²) < 4.78 is 15.1. The summed E-state index contributed by atoms with van der Waals surface area (Å²) in [6.07, 6.45) is 7.86. The fourth-order valence-electron chi connectivity index (χ4n) is 2.38. The Kier molecular flexibility index (Phi) is 5.94. The first-order chi connectivity index (χ1) is 10.1. The van der Waals surface area contributed by atoms with E-state index < -0.39 is 17.1 Å². The Balaban J connectivity index is 1.93. The lowest BCUT2D eigenvalue weighted by molar-refractivity contribution is 0.0432. The molecule has 0 bridgehead atoms. The zero-order valence-corrected chi connectivity index (χ0v) is 12.9. The molecule has 0 heterocycles. The monoisotopic (exact) mass is 334 g/mol.